The van der Waals surface area contributed by atoms with E-state index in [1.165, 1.54) is 12.1 Å². The molecule has 2 atom stereocenters. The Morgan fingerprint density at radius 1 is 1.16 bits per heavy atom. The Labute approximate surface area is 119 Å². The highest BCUT2D eigenvalue weighted by atomic mass is 79.9. The van der Waals surface area contributed by atoms with Crippen molar-refractivity contribution in [3.63, 3.8) is 0 Å². The molecule has 0 aromatic heterocycles. The maximum Gasteiger partial charge on any atom is 0.126 e. The molecular weight excluding hydrogens is 309 g/mol. The first kappa shape index (κ1) is 12.6. The second-order valence-corrected chi connectivity index (χ2v) is 5.60. The van der Waals surface area contributed by atoms with Crippen LogP contribution >= 0.6 is 15.9 Å². The molecule has 2 N–H and O–H groups in total. The van der Waals surface area contributed by atoms with Gasteiger partial charge in [0.05, 0.1) is 0 Å². The molecule has 0 fully saturated rings. The summed E-state index contributed by atoms with van der Waals surface area (Å²) in [5.41, 5.74) is 7.94. The van der Waals surface area contributed by atoms with Gasteiger partial charge in [0.2, 0.25) is 0 Å². The van der Waals surface area contributed by atoms with E-state index in [9.17, 15) is 4.39 Å². The molecule has 1 aliphatic rings. The first-order valence-electron chi connectivity index (χ1n) is 6.10. The van der Waals surface area contributed by atoms with Crippen LogP contribution in [0.4, 0.5) is 4.39 Å². The highest BCUT2D eigenvalue weighted by molar-refractivity contribution is 9.10. The number of halogens is 2. The molecule has 2 unspecified atom stereocenters. The van der Waals surface area contributed by atoms with E-state index in [1.54, 1.807) is 6.07 Å². The van der Waals surface area contributed by atoms with Crippen molar-refractivity contribution in [2.24, 2.45) is 5.73 Å². The monoisotopic (exact) mass is 321 g/mol. The van der Waals surface area contributed by atoms with E-state index >= 15 is 0 Å². The van der Waals surface area contributed by atoms with E-state index in [1.807, 2.05) is 24.3 Å². The molecule has 0 spiro atoms. The van der Waals surface area contributed by atoms with Gasteiger partial charge >= 0.3 is 0 Å². The van der Waals surface area contributed by atoms with Crippen molar-refractivity contribution in [1.29, 1.82) is 0 Å². The molecule has 0 saturated carbocycles. The SMILES string of the molecule is NC1CC(c2ccc(Br)cc2)Oc2ccc(F)cc21. The summed E-state index contributed by atoms with van der Waals surface area (Å²) in [6.07, 6.45) is 0.569. The molecule has 0 saturated heterocycles. The minimum atomic E-state index is -0.278. The molecule has 19 heavy (non-hydrogen) atoms. The van der Waals surface area contributed by atoms with Gasteiger partial charge in [-0.25, -0.2) is 4.39 Å². The smallest absolute Gasteiger partial charge is 0.126 e. The van der Waals surface area contributed by atoms with Crippen molar-refractivity contribution in [3.05, 3.63) is 63.9 Å². The third kappa shape index (κ3) is 2.51. The van der Waals surface area contributed by atoms with Crippen molar-refractivity contribution in [2.75, 3.05) is 0 Å². The molecule has 2 aromatic rings. The summed E-state index contributed by atoms with van der Waals surface area (Å²) >= 11 is 3.41. The van der Waals surface area contributed by atoms with E-state index in [0.29, 0.717) is 12.2 Å². The van der Waals surface area contributed by atoms with Crippen molar-refractivity contribution < 1.29 is 9.13 Å². The zero-order valence-electron chi connectivity index (χ0n) is 10.1. The van der Waals surface area contributed by atoms with Gasteiger partial charge in [-0.3, -0.25) is 0 Å². The van der Waals surface area contributed by atoms with Crippen molar-refractivity contribution in [1.82, 2.24) is 0 Å². The van der Waals surface area contributed by atoms with Crippen LogP contribution in [0.25, 0.3) is 0 Å². The van der Waals surface area contributed by atoms with Crippen LogP contribution in [-0.4, -0.2) is 0 Å². The molecule has 1 aliphatic heterocycles. The lowest BCUT2D eigenvalue weighted by Gasteiger charge is -2.30. The van der Waals surface area contributed by atoms with Crippen molar-refractivity contribution in [2.45, 2.75) is 18.6 Å². The van der Waals surface area contributed by atoms with Crippen LogP contribution in [0.3, 0.4) is 0 Å². The summed E-state index contributed by atoms with van der Waals surface area (Å²) in [6, 6.07) is 12.3. The standard InChI is InChI=1S/C15H13BrFNO/c16-10-3-1-9(2-4-10)15-8-13(18)12-7-11(17)5-6-14(12)19-15/h1-7,13,15H,8,18H2. The Morgan fingerprint density at radius 2 is 1.89 bits per heavy atom. The maximum absolute atomic E-state index is 13.2. The summed E-state index contributed by atoms with van der Waals surface area (Å²) in [5, 5.41) is 0. The summed E-state index contributed by atoms with van der Waals surface area (Å²) in [6.45, 7) is 0. The maximum atomic E-state index is 13.2. The number of rotatable bonds is 1. The highest BCUT2D eigenvalue weighted by Crippen LogP contribution is 2.39. The molecule has 1 heterocycles. The second kappa shape index (κ2) is 4.94. The minimum absolute atomic E-state index is 0.0824. The second-order valence-electron chi connectivity index (χ2n) is 4.68. The van der Waals surface area contributed by atoms with Gasteiger partial charge in [0.25, 0.3) is 0 Å². The van der Waals surface area contributed by atoms with Crippen molar-refractivity contribution >= 4 is 15.9 Å². The predicted molar refractivity (Wildman–Crippen MR) is 75.5 cm³/mol. The summed E-state index contributed by atoms with van der Waals surface area (Å²) in [5.74, 6) is 0.396. The lowest BCUT2D eigenvalue weighted by Crippen LogP contribution is -2.24. The Kier molecular flexibility index (Phi) is 3.29. The largest absolute Gasteiger partial charge is 0.485 e. The molecule has 4 heteroatoms. The van der Waals surface area contributed by atoms with Crippen molar-refractivity contribution in [3.8, 4) is 5.75 Å². The van der Waals surface area contributed by atoms with Crippen LogP contribution in [0.15, 0.2) is 46.9 Å². The van der Waals surface area contributed by atoms with E-state index in [-0.39, 0.29) is 18.0 Å². The fraction of sp³-hybridized carbons (Fsp3) is 0.200. The third-order valence-corrected chi connectivity index (χ3v) is 3.88. The lowest BCUT2D eigenvalue weighted by atomic mass is 9.93. The number of ether oxygens (including phenoxy) is 1. The molecular formula is C15H13BrFNO. The van der Waals surface area contributed by atoms with Gasteiger partial charge in [-0.1, -0.05) is 28.1 Å². The quantitative estimate of drug-likeness (QED) is 0.857. The molecule has 0 aliphatic carbocycles. The molecule has 98 valence electrons. The van der Waals surface area contributed by atoms with Gasteiger partial charge in [-0.15, -0.1) is 0 Å². The Bertz CT molecular complexity index is 600. The average molecular weight is 322 g/mol. The number of fused-ring (bicyclic) bond motifs is 1. The third-order valence-electron chi connectivity index (χ3n) is 3.35. The molecule has 0 bridgehead atoms. The number of hydrogen-bond acceptors (Lipinski definition) is 2. The van der Waals surface area contributed by atoms with E-state index in [0.717, 1.165) is 15.6 Å². The molecule has 3 rings (SSSR count). The molecule has 0 amide bonds. The van der Waals surface area contributed by atoms with Crippen LogP contribution in [0.1, 0.15) is 29.7 Å². The van der Waals surface area contributed by atoms with Gasteiger partial charge in [-0.05, 0) is 35.9 Å². The Hall–Kier alpha value is -1.39. The Morgan fingerprint density at radius 3 is 2.63 bits per heavy atom. The van der Waals surface area contributed by atoms with Crippen LogP contribution < -0.4 is 10.5 Å². The first-order valence-corrected chi connectivity index (χ1v) is 6.90. The molecule has 0 radical (unpaired) electrons. The zero-order valence-corrected chi connectivity index (χ0v) is 11.7. The molecule has 2 nitrogen and oxygen atoms in total. The van der Waals surface area contributed by atoms with Crippen LogP contribution in [-0.2, 0) is 0 Å². The fourth-order valence-electron chi connectivity index (χ4n) is 2.36. The minimum Gasteiger partial charge on any atom is -0.485 e. The highest BCUT2D eigenvalue weighted by Gasteiger charge is 2.27. The van der Waals surface area contributed by atoms with Gasteiger partial charge in [0, 0.05) is 22.5 Å². The Balaban J connectivity index is 1.92. The van der Waals surface area contributed by atoms with Gasteiger partial charge < -0.3 is 10.5 Å². The van der Waals surface area contributed by atoms with E-state index in [2.05, 4.69) is 15.9 Å². The topological polar surface area (TPSA) is 35.2 Å². The van der Waals surface area contributed by atoms with Crippen LogP contribution in [0.2, 0.25) is 0 Å². The first-order chi connectivity index (χ1) is 9.13. The fourth-order valence-corrected chi connectivity index (χ4v) is 2.62. The zero-order chi connectivity index (χ0) is 13.4. The number of hydrogen-bond donors (Lipinski definition) is 1. The summed E-state index contributed by atoms with van der Waals surface area (Å²) in [4.78, 5) is 0. The summed E-state index contributed by atoms with van der Waals surface area (Å²) < 4.78 is 20.2. The number of nitrogens with two attached hydrogens (primary N) is 1. The summed E-state index contributed by atoms with van der Waals surface area (Å²) in [7, 11) is 0. The van der Waals surface area contributed by atoms with Crippen LogP contribution in [0, 0.1) is 5.82 Å². The predicted octanol–water partition coefficient (Wildman–Crippen LogP) is 4.11. The average Bonchev–Trinajstić information content (AvgIpc) is 2.40. The van der Waals surface area contributed by atoms with Crippen LogP contribution in [0.5, 0.6) is 5.75 Å². The van der Waals surface area contributed by atoms with E-state index < -0.39 is 0 Å². The van der Waals surface area contributed by atoms with Gasteiger partial charge in [0.15, 0.2) is 0 Å². The number of benzene rings is 2. The lowest BCUT2D eigenvalue weighted by molar-refractivity contribution is 0.161. The van der Waals surface area contributed by atoms with Gasteiger partial charge in [0.1, 0.15) is 17.7 Å². The normalized spacial score (nSPS) is 21.6. The van der Waals surface area contributed by atoms with Gasteiger partial charge in [-0.2, -0.15) is 0 Å². The molecule has 2 aromatic carbocycles. The van der Waals surface area contributed by atoms with E-state index in [4.69, 9.17) is 10.5 Å².